The molecule has 0 aliphatic heterocycles. The van der Waals surface area contributed by atoms with Crippen LogP contribution in [0.3, 0.4) is 0 Å². The number of anilines is 1. The lowest BCUT2D eigenvalue weighted by molar-refractivity contribution is -0.148. The number of hydrogen-bond donors (Lipinski definition) is 2. The summed E-state index contributed by atoms with van der Waals surface area (Å²) in [6.07, 6.45) is 2.67. The maximum Gasteiger partial charge on any atom is 0.307 e. The number of amides is 1. The summed E-state index contributed by atoms with van der Waals surface area (Å²) in [7, 11) is 0. The first-order chi connectivity index (χ1) is 12.4. The Morgan fingerprint density at radius 1 is 1.15 bits per heavy atom. The number of rotatable bonds is 4. The Hall–Kier alpha value is -1.63. The molecule has 0 unspecified atom stereocenters. The zero-order valence-electron chi connectivity index (χ0n) is 13.6. The first-order valence-electron chi connectivity index (χ1n) is 8.38. The largest absolute Gasteiger partial charge is 0.481 e. The van der Waals surface area contributed by atoms with Crippen LogP contribution in [0.4, 0.5) is 5.13 Å². The van der Waals surface area contributed by atoms with Crippen LogP contribution in [-0.4, -0.2) is 22.0 Å². The third-order valence-electron chi connectivity index (χ3n) is 5.45. The van der Waals surface area contributed by atoms with Crippen LogP contribution < -0.4 is 5.32 Å². The molecule has 5 nitrogen and oxygen atoms in total. The topological polar surface area (TPSA) is 79.3 Å². The van der Waals surface area contributed by atoms with Crippen molar-refractivity contribution in [3.05, 3.63) is 33.6 Å². The van der Waals surface area contributed by atoms with Gasteiger partial charge >= 0.3 is 5.97 Å². The van der Waals surface area contributed by atoms with Crippen molar-refractivity contribution in [3.63, 3.8) is 0 Å². The normalized spacial score (nSPS) is 26.8. The van der Waals surface area contributed by atoms with Gasteiger partial charge in [-0.2, -0.15) is 0 Å². The van der Waals surface area contributed by atoms with E-state index in [-0.39, 0.29) is 17.7 Å². The Labute approximate surface area is 164 Å². The molecule has 136 valence electrons. The molecular formula is C18H16Cl2N2O3S. The SMILES string of the molecule is O=C(O)[C@H]1[C@H]2CC[C@@H](C2)[C@@H]1C(=O)Nc1nc(-c2ccc(Cl)c(Cl)c2)cs1. The lowest BCUT2D eigenvalue weighted by Gasteiger charge is -2.26. The van der Waals surface area contributed by atoms with Crippen LogP contribution in [0.1, 0.15) is 19.3 Å². The number of aromatic nitrogens is 1. The smallest absolute Gasteiger partial charge is 0.307 e. The van der Waals surface area contributed by atoms with Crippen LogP contribution in [0.5, 0.6) is 0 Å². The second-order valence-electron chi connectivity index (χ2n) is 6.88. The highest BCUT2D eigenvalue weighted by Crippen LogP contribution is 2.52. The third kappa shape index (κ3) is 3.10. The first-order valence-corrected chi connectivity index (χ1v) is 10.0. The number of aliphatic carboxylic acids is 1. The number of halogens is 2. The van der Waals surface area contributed by atoms with E-state index in [1.165, 1.54) is 11.3 Å². The molecule has 8 heteroatoms. The molecule has 0 saturated heterocycles. The van der Waals surface area contributed by atoms with E-state index in [9.17, 15) is 14.7 Å². The summed E-state index contributed by atoms with van der Waals surface area (Å²) in [4.78, 5) is 28.7. The van der Waals surface area contributed by atoms with Crippen LogP contribution in [0, 0.1) is 23.7 Å². The van der Waals surface area contributed by atoms with E-state index in [0.717, 1.165) is 24.8 Å². The van der Waals surface area contributed by atoms with Crippen molar-refractivity contribution in [2.75, 3.05) is 5.32 Å². The molecule has 2 fully saturated rings. The molecule has 2 N–H and O–H groups in total. The molecule has 4 rings (SSSR count). The average molecular weight is 411 g/mol. The molecule has 0 spiro atoms. The van der Waals surface area contributed by atoms with Gasteiger partial charge in [-0.05, 0) is 43.2 Å². The Bertz CT molecular complexity index is 885. The second kappa shape index (κ2) is 6.83. The number of thiazole rings is 1. The van der Waals surface area contributed by atoms with Gasteiger partial charge in [-0.25, -0.2) is 4.98 Å². The number of carboxylic acids is 1. The number of hydrogen-bond acceptors (Lipinski definition) is 4. The maximum absolute atomic E-state index is 12.7. The number of fused-ring (bicyclic) bond motifs is 2. The van der Waals surface area contributed by atoms with Crippen LogP contribution in [-0.2, 0) is 9.59 Å². The number of carbonyl (C=O) groups is 2. The van der Waals surface area contributed by atoms with Gasteiger partial charge in [0.1, 0.15) is 0 Å². The molecule has 1 heterocycles. The summed E-state index contributed by atoms with van der Waals surface area (Å²) in [5.74, 6) is -1.87. The van der Waals surface area contributed by atoms with Gasteiger partial charge in [-0.3, -0.25) is 9.59 Å². The molecule has 2 aliphatic carbocycles. The summed E-state index contributed by atoms with van der Waals surface area (Å²) in [5, 5.41) is 15.5. The van der Waals surface area contributed by atoms with E-state index in [4.69, 9.17) is 23.2 Å². The van der Waals surface area contributed by atoms with Crippen molar-refractivity contribution < 1.29 is 14.7 Å². The molecule has 2 aromatic rings. The van der Waals surface area contributed by atoms with Crippen molar-refractivity contribution in [2.45, 2.75) is 19.3 Å². The lowest BCUT2D eigenvalue weighted by Crippen LogP contribution is -2.37. The quantitative estimate of drug-likeness (QED) is 0.758. The van der Waals surface area contributed by atoms with Crippen LogP contribution >= 0.6 is 34.5 Å². The predicted octanol–water partition coefficient (Wildman–Crippen LogP) is 4.80. The highest BCUT2D eigenvalue weighted by atomic mass is 35.5. The van der Waals surface area contributed by atoms with Crippen LogP contribution in [0.2, 0.25) is 10.0 Å². The van der Waals surface area contributed by atoms with Gasteiger partial charge in [-0.15, -0.1) is 11.3 Å². The number of carbonyl (C=O) groups excluding carboxylic acids is 1. The van der Waals surface area contributed by atoms with E-state index < -0.39 is 17.8 Å². The van der Waals surface area contributed by atoms with Crippen molar-refractivity contribution in [3.8, 4) is 11.3 Å². The van der Waals surface area contributed by atoms with Crippen molar-refractivity contribution in [2.24, 2.45) is 23.7 Å². The van der Waals surface area contributed by atoms with Gasteiger partial charge in [0.05, 0.1) is 27.6 Å². The highest BCUT2D eigenvalue weighted by Gasteiger charge is 2.54. The molecule has 2 aliphatic rings. The fourth-order valence-electron chi connectivity index (χ4n) is 4.33. The summed E-state index contributed by atoms with van der Waals surface area (Å²) in [6, 6.07) is 5.23. The zero-order chi connectivity index (χ0) is 18.4. The minimum atomic E-state index is -0.868. The van der Waals surface area contributed by atoms with E-state index in [0.29, 0.717) is 20.9 Å². The molecule has 1 aromatic carbocycles. The van der Waals surface area contributed by atoms with Gasteiger partial charge in [-0.1, -0.05) is 29.3 Å². The summed E-state index contributed by atoms with van der Waals surface area (Å²) >= 11 is 13.3. The van der Waals surface area contributed by atoms with Gasteiger partial charge in [0.25, 0.3) is 0 Å². The number of carboxylic acid groups (broad SMARTS) is 1. The number of benzene rings is 1. The maximum atomic E-state index is 12.7. The Morgan fingerprint density at radius 2 is 1.88 bits per heavy atom. The third-order valence-corrected chi connectivity index (χ3v) is 6.95. The Morgan fingerprint density at radius 3 is 2.58 bits per heavy atom. The van der Waals surface area contributed by atoms with Gasteiger partial charge in [0.2, 0.25) is 5.91 Å². The molecular weight excluding hydrogens is 395 g/mol. The summed E-state index contributed by atoms with van der Waals surface area (Å²) in [6.45, 7) is 0. The van der Waals surface area contributed by atoms with E-state index in [1.54, 1.807) is 12.1 Å². The van der Waals surface area contributed by atoms with E-state index in [1.807, 2.05) is 11.4 Å². The molecule has 2 saturated carbocycles. The van der Waals surface area contributed by atoms with E-state index in [2.05, 4.69) is 10.3 Å². The van der Waals surface area contributed by atoms with Gasteiger partial charge < -0.3 is 10.4 Å². The monoisotopic (exact) mass is 410 g/mol. The minimum absolute atomic E-state index is 0.122. The van der Waals surface area contributed by atoms with Crippen molar-refractivity contribution in [1.82, 2.24) is 4.98 Å². The van der Waals surface area contributed by atoms with Crippen LogP contribution in [0.25, 0.3) is 11.3 Å². The molecule has 1 amide bonds. The highest BCUT2D eigenvalue weighted by molar-refractivity contribution is 7.14. The fourth-order valence-corrected chi connectivity index (χ4v) is 5.35. The Balaban J connectivity index is 1.51. The predicted molar refractivity (Wildman–Crippen MR) is 102 cm³/mol. The zero-order valence-corrected chi connectivity index (χ0v) is 15.9. The molecule has 1 aromatic heterocycles. The number of nitrogens with one attached hydrogen (secondary N) is 1. The second-order valence-corrected chi connectivity index (χ2v) is 8.55. The first kappa shape index (κ1) is 17.8. The fraction of sp³-hybridized carbons (Fsp3) is 0.389. The lowest BCUT2D eigenvalue weighted by atomic mass is 9.79. The standard InChI is InChI=1S/C18H16Cl2N2O3S/c19-11-4-3-8(6-12(11)20)13-7-26-18(21-13)22-16(23)14-9-1-2-10(5-9)15(14)17(24)25/h3-4,6-7,9-10,14-15H,1-2,5H2,(H,24,25)(H,21,22,23)/t9-,10-,14-,15-/m0/s1. The summed E-state index contributed by atoms with van der Waals surface area (Å²) < 4.78 is 0. The number of nitrogens with zero attached hydrogens (tertiary/aromatic N) is 1. The summed E-state index contributed by atoms with van der Waals surface area (Å²) in [5.41, 5.74) is 1.49. The molecule has 2 bridgehead atoms. The minimum Gasteiger partial charge on any atom is -0.481 e. The van der Waals surface area contributed by atoms with E-state index >= 15 is 0 Å². The molecule has 4 atom stereocenters. The average Bonchev–Trinajstić information content (AvgIpc) is 3.32. The van der Waals surface area contributed by atoms with Gasteiger partial charge in [0, 0.05) is 10.9 Å². The van der Waals surface area contributed by atoms with Gasteiger partial charge in [0.15, 0.2) is 5.13 Å². The molecule has 26 heavy (non-hydrogen) atoms. The van der Waals surface area contributed by atoms with Crippen LogP contribution in [0.15, 0.2) is 23.6 Å². The molecule has 0 radical (unpaired) electrons. The van der Waals surface area contributed by atoms with Crippen molar-refractivity contribution >= 4 is 51.5 Å². The Kier molecular flexibility index (Phi) is 4.67. The van der Waals surface area contributed by atoms with Crippen molar-refractivity contribution in [1.29, 1.82) is 0 Å².